The Hall–Kier alpha value is -2.07. The van der Waals surface area contributed by atoms with E-state index in [1.54, 1.807) is 11.8 Å². The molecule has 3 nitrogen and oxygen atoms in total. The third kappa shape index (κ3) is 1.80. The van der Waals surface area contributed by atoms with Crippen molar-refractivity contribution >= 4 is 23.5 Å². The van der Waals surface area contributed by atoms with Crippen molar-refractivity contribution in [2.24, 2.45) is 11.1 Å². The average molecular weight is 337 g/mol. The summed E-state index contributed by atoms with van der Waals surface area (Å²) in [5.41, 5.74) is 7.53. The van der Waals surface area contributed by atoms with Crippen LogP contribution >= 0.6 is 11.8 Å². The highest BCUT2D eigenvalue weighted by Gasteiger charge is 2.69. The molecule has 0 spiro atoms. The largest absolute Gasteiger partial charge is 0.369 e. The minimum atomic E-state index is -1.12. The molecule has 122 valence electrons. The maximum atomic E-state index is 13.2. The SMILES string of the molecule is Cc1ccc(SC23CCCC2(C(N)=O)C(=O)c2ccccc23)cc1. The first kappa shape index (κ1) is 15.5. The summed E-state index contributed by atoms with van der Waals surface area (Å²) in [5.74, 6) is -0.580. The second kappa shape index (κ2) is 5.21. The molecule has 1 saturated carbocycles. The van der Waals surface area contributed by atoms with Gasteiger partial charge in [-0.2, -0.15) is 0 Å². The van der Waals surface area contributed by atoms with Gasteiger partial charge in [-0.3, -0.25) is 9.59 Å². The summed E-state index contributed by atoms with van der Waals surface area (Å²) in [5, 5.41) is 0. The second-order valence-electron chi connectivity index (χ2n) is 6.74. The van der Waals surface area contributed by atoms with Gasteiger partial charge in [0.2, 0.25) is 5.91 Å². The van der Waals surface area contributed by atoms with Gasteiger partial charge in [-0.1, -0.05) is 48.4 Å². The van der Waals surface area contributed by atoms with Gasteiger partial charge in [0.15, 0.2) is 5.78 Å². The van der Waals surface area contributed by atoms with Gasteiger partial charge in [0.1, 0.15) is 5.41 Å². The number of hydrogen-bond acceptors (Lipinski definition) is 3. The van der Waals surface area contributed by atoms with Crippen LogP contribution in [0, 0.1) is 12.3 Å². The highest BCUT2D eigenvalue weighted by atomic mass is 32.2. The number of thioether (sulfide) groups is 1. The molecular formula is C20H19NO2S. The number of nitrogens with two attached hydrogens (primary N) is 1. The van der Waals surface area contributed by atoms with Crippen LogP contribution in [0.4, 0.5) is 0 Å². The first-order chi connectivity index (χ1) is 11.5. The quantitative estimate of drug-likeness (QED) is 0.866. The molecule has 1 fully saturated rings. The monoisotopic (exact) mass is 337 g/mol. The Bertz CT molecular complexity index is 845. The smallest absolute Gasteiger partial charge is 0.233 e. The standard InChI is InChI=1S/C20H19NO2S/c1-13-7-9-14(10-8-13)24-20-12-4-11-19(20,18(21)23)17(22)15-5-2-3-6-16(15)20/h2-3,5-10H,4,11-12H2,1H3,(H2,21,23). The van der Waals surface area contributed by atoms with Gasteiger partial charge in [-0.15, -0.1) is 11.8 Å². The van der Waals surface area contributed by atoms with Gasteiger partial charge < -0.3 is 5.73 Å². The second-order valence-corrected chi connectivity index (χ2v) is 8.11. The van der Waals surface area contributed by atoms with E-state index >= 15 is 0 Å². The number of benzene rings is 2. The number of carbonyl (C=O) groups excluding carboxylic acids is 2. The van der Waals surface area contributed by atoms with Crippen molar-refractivity contribution in [2.45, 2.75) is 35.8 Å². The van der Waals surface area contributed by atoms with E-state index in [2.05, 4.69) is 24.3 Å². The molecule has 4 rings (SSSR count). The first-order valence-corrected chi connectivity index (χ1v) is 9.03. The molecule has 2 atom stereocenters. The lowest BCUT2D eigenvalue weighted by atomic mass is 9.76. The van der Waals surface area contributed by atoms with E-state index < -0.39 is 16.1 Å². The van der Waals surface area contributed by atoms with Crippen LogP contribution in [0.25, 0.3) is 0 Å². The van der Waals surface area contributed by atoms with Crippen molar-refractivity contribution < 1.29 is 9.59 Å². The van der Waals surface area contributed by atoms with Crippen LogP contribution in [0.1, 0.15) is 40.7 Å². The summed E-state index contributed by atoms with van der Waals surface area (Å²) in [4.78, 5) is 26.8. The molecule has 2 aromatic carbocycles. The van der Waals surface area contributed by atoms with E-state index in [0.717, 1.165) is 23.3 Å². The Labute approximate surface area is 145 Å². The minimum Gasteiger partial charge on any atom is -0.369 e. The highest BCUT2D eigenvalue weighted by molar-refractivity contribution is 8.00. The maximum Gasteiger partial charge on any atom is 0.233 e. The molecule has 0 radical (unpaired) electrons. The van der Waals surface area contributed by atoms with E-state index in [1.165, 1.54) is 5.56 Å². The van der Waals surface area contributed by atoms with Gasteiger partial charge in [0.05, 0.1) is 4.75 Å². The van der Waals surface area contributed by atoms with E-state index in [4.69, 9.17) is 5.73 Å². The van der Waals surface area contributed by atoms with E-state index in [-0.39, 0.29) is 5.78 Å². The molecule has 2 N–H and O–H groups in total. The van der Waals surface area contributed by atoms with Crippen LogP contribution in [-0.4, -0.2) is 11.7 Å². The van der Waals surface area contributed by atoms with Crippen LogP contribution in [0.2, 0.25) is 0 Å². The molecule has 24 heavy (non-hydrogen) atoms. The lowest BCUT2D eigenvalue weighted by molar-refractivity contribution is -0.125. The fourth-order valence-corrected chi connectivity index (χ4v) is 6.06. The third-order valence-corrected chi connectivity index (χ3v) is 7.13. The molecule has 2 aromatic rings. The topological polar surface area (TPSA) is 60.2 Å². The molecule has 1 amide bonds. The minimum absolute atomic E-state index is 0.0947. The van der Waals surface area contributed by atoms with Crippen molar-refractivity contribution in [1.82, 2.24) is 0 Å². The van der Waals surface area contributed by atoms with Gasteiger partial charge >= 0.3 is 0 Å². The molecule has 0 aromatic heterocycles. The number of hydrogen-bond donors (Lipinski definition) is 1. The zero-order valence-corrected chi connectivity index (χ0v) is 14.4. The van der Waals surface area contributed by atoms with Crippen LogP contribution in [0.15, 0.2) is 53.4 Å². The predicted octanol–water partition coefficient (Wildman–Crippen LogP) is 3.83. The van der Waals surface area contributed by atoms with Crippen molar-refractivity contribution in [1.29, 1.82) is 0 Å². The number of carbonyl (C=O) groups is 2. The third-order valence-electron chi connectivity index (χ3n) is 5.50. The number of fused-ring (bicyclic) bond motifs is 3. The first-order valence-electron chi connectivity index (χ1n) is 8.21. The fraction of sp³-hybridized carbons (Fsp3) is 0.300. The summed E-state index contributed by atoms with van der Waals surface area (Å²) in [6, 6.07) is 15.9. The van der Waals surface area contributed by atoms with Crippen LogP contribution in [-0.2, 0) is 9.54 Å². The Kier molecular flexibility index (Phi) is 3.36. The average Bonchev–Trinajstić information content (AvgIpc) is 3.05. The Morgan fingerprint density at radius 2 is 1.79 bits per heavy atom. The lowest BCUT2D eigenvalue weighted by Gasteiger charge is -2.37. The fourth-order valence-electron chi connectivity index (χ4n) is 4.38. The molecule has 2 unspecified atom stereocenters. The van der Waals surface area contributed by atoms with E-state index in [0.29, 0.717) is 12.0 Å². The number of primary amides is 1. The highest BCUT2D eigenvalue weighted by Crippen LogP contribution is 2.67. The number of amides is 1. The summed E-state index contributed by atoms with van der Waals surface area (Å²) in [6.45, 7) is 2.05. The number of Topliss-reactive ketones (excluding diaryl/α,β-unsaturated/α-hetero) is 1. The Morgan fingerprint density at radius 1 is 1.08 bits per heavy atom. The van der Waals surface area contributed by atoms with Crippen molar-refractivity contribution in [3.8, 4) is 0 Å². The number of aryl methyl sites for hydroxylation is 1. The van der Waals surface area contributed by atoms with Gasteiger partial charge in [0.25, 0.3) is 0 Å². The molecule has 0 bridgehead atoms. The van der Waals surface area contributed by atoms with Crippen LogP contribution < -0.4 is 5.73 Å². The summed E-state index contributed by atoms with van der Waals surface area (Å²) < 4.78 is -0.582. The summed E-state index contributed by atoms with van der Waals surface area (Å²) in [7, 11) is 0. The van der Waals surface area contributed by atoms with E-state index in [9.17, 15) is 9.59 Å². The zero-order valence-electron chi connectivity index (χ0n) is 13.5. The zero-order chi connectivity index (χ0) is 16.9. The lowest BCUT2D eigenvalue weighted by Crippen LogP contribution is -2.49. The number of ketones is 1. The van der Waals surface area contributed by atoms with Gasteiger partial charge in [-0.05, 0) is 37.5 Å². The summed E-state index contributed by atoms with van der Waals surface area (Å²) in [6.07, 6.45) is 2.16. The molecule has 4 heteroatoms. The number of rotatable bonds is 3. The Balaban J connectivity index is 1.93. The molecule has 0 heterocycles. The molecule has 2 aliphatic carbocycles. The van der Waals surface area contributed by atoms with Crippen LogP contribution in [0.3, 0.4) is 0 Å². The molecule has 0 saturated heterocycles. The van der Waals surface area contributed by atoms with Gasteiger partial charge in [-0.25, -0.2) is 0 Å². The van der Waals surface area contributed by atoms with Crippen molar-refractivity contribution in [3.05, 3.63) is 65.2 Å². The van der Waals surface area contributed by atoms with Crippen molar-refractivity contribution in [3.63, 3.8) is 0 Å². The summed E-state index contributed by atoms with van der Waals surface area (Å²) >= 11 is 1.63. The molecular weight excluding hydrogens is 318 g/mol. The Morgan fingerprint density at radius 3 is 2.50 bits per heavy atom. The maximum absolute atomic E-state index is 13.2. The normalized spacial score (nSPS) is 27.8. The predicted molar refractivity (Wildman–Crippen MR) is 95.0 cm³/mol. The van der Waals surface area contributed by atoms with E-state index in [1.807, 2.05) is 31.2 Å². The molecule has 2 aliphatic rings. The van der Waals surface area contributed by atoms with Gasteiger partial charge in [0, 0.05) is 10.5 Å². The van der Waals surface area contributed by atoms with Crippen molar-refractivity contribution in [2.75, 3.05) is 0 Å². The molecule has 0 aliphatic heterocycles. The van der Waals surface area contributed by atoms with Crippen LogP contribution in [0.5, 0.6) is 0 Å².